The van der Waals surface area contributed by atoms with Gasteiger partial charge in [-0.1, -0.05) is 6.92 Å². The number of hydrogen-bond acceptors (Lipinski definition) is 2. The molecule has 16 heavy (non-hydrogen) atoms. The van der Waals surface area contributed by atoms with E-state index in [-0.39, 0.29) is 0 Å². The van der Waals surface area contributed by atoms with Crippen LogP contribution in [0.15, 0.2) is 12.5 Å². The van der Waals surface area contributed by atoms with Gasteiger partial charge in [0.25, 0.3) is 0 Å². The minimum absolute atomic E-state index is 0.613. The molecule has 3 rings (SSSR count). The summed E-state index contributed by atoms with van der Waals surface area (Å²) < 4.78 is 2.41. The van der Waals surface area contributed by atoms with Crippen molar-refractivity contribution in [3.8, 4) is 0 Å². The molecule has 0 amide bonds. The molecule has 1 atom stereocenters. The molecule has 1 aromatic rings. The van der Waals surface area contributed by atoms with Crippen molar-refractivity contribution in [3.63, 3.8) is 0 Å². The van der Waals surface area contributed by atoms with Gasteiger partial charge in [-0.25, -0.2) is 4.98 Å². The third kappa shape index (κ3) is 1.77. The first-order valence-electron chi connectivity index (χ1n) is 6.54. The highest BCUT2D eigenvalue weighted by Gasteiger charge is 2.41. The van der Waals surface area contributed by atoms with Crippen molar-refractivity contribution in [2.75, 3.05) is 13.1 Å². The highest BCUT2D eigenvalue weighted by Crippen LogP contribution is 2.50. The van der Waals surface area contributed by atoms with Gasteiger partial charge in [0.1, 0.15) is 0 Å². The summed E-state index contributed by atoms with van der Waals surface area (Å²) in [5, 5.41) is 3.44. The molecule has 1 saturated heterocycles. The Kier molecular flexibility index (Phi) is 2.51. The van der Waals surface area contributed by atoms with E-state index in [4.69, 9.17) is 0 Å². The third-order valence-electron chi connectivity index (χ3n) is 4.44. The first-order valence-corrected chi connectivity index (χ1v) is 6.54. The fraction of sp³-hybridized carbons (Fsp3) is 0.769. The summed E-state index contributed by atoms with van der Waals surface area (Å²) in [5.41, 5.74) is 2.06. The number of imidazole rings is 1. The Morgan fingerprint density at radius 2 is 2.44 bits per heavy atom. The van der Waals surface area contributed by atoms with E-state index in [0.29, 0.717) is 11.3 Å². The summed E-state index contributed by atoms with van der Waals surface area (Å²) in [4.78, 5) is 4.35. The zero-order valence-corrected chi connectivity index (χ0v) is 10.1. The molecule has 2 heterocycles. The van der Waals surface area contributed by atoms with E-state index in [2.05, 4.69) is 28.0 Å². The number of aromatic nitrogens is 2. The smallest absolute Gasteiger partial charge is 0.0948 e. The predicted octanol–water partition coefficient (Wildman–Crippen LogP) is 2.15. The molecule has 2 fully saturated rings. The van der Waals surface area contributed by atoms with Crippen LogP contribution in [0.5, 0.6) is 0 Å². The summed E-state index contributed by atoms with van der Waals surface area (Å²) in [7, 11) is 0. The molecule has 1 N–H and O–H groups in total. The van der Waals surface area contributed by atoms with Crippen LogP contribution < -0.4 is 5.32 Å². The van der Waals surface area contributed by atoms with Crippen LogP contribution in [0, 0.1) is 5.41 Å². The number of nitrogens with zero attached hydrogens (tertiary/aromatic N) is 2. The summed E-state index contributed by atoms with van der Waals surface area (Å²) in [6, 6.07) is 0. The lowest BCUT2D eigenvalue weighted by molar-refractivity contribution is 0.397. The van der Waals surface area contributed by atoms with Crippen LogP contribution in [0.25, 0.3) is 0 Å². The largest absolute Gasteiger partial charge is 0.334 e. The van der Waals surface area contributed by atoms with Crippen molar-refractivity contribution in [1.82, 2.24) is 14.9 Å². The van der Waals surface area contributed by atoms with Gasteiger partial charge >= 0.3 is 0 Å². The maximum atomic E-state index is 4.35. The van der Waals surface area contributed by atoms with Crippen LogP contribution in [-0.2, 0) is 6.54 Å². The van der Waals surface area contributed by atoms with Crippen molar-refractivity contribution in [1.29, 1.82) is 0 Å². The standard InChI is InChI=1S/C13H21N3/c1-2-13(4-5-13)9-16-10-15-8-12(16)11-3-6-14-7-11/h8,10-11,14H,2-7,9H2,1H3. The minimum Gasteiger partial charge on any atom is -0.334 e. The second-order valence-electron chi connectivity index (χ2n) is 5.49. The third-order valence-corrected chi connectivity index (χ3v) is 4.44. The molecule has 1 aromatic heterocycles. The molecule has 88 valence electrons. The number of rotatable bonds is 4. The zero-order valence-electron chi connectivity index (χ0n) is 10.1. The van der Waals surface area contributed by atoms with E-state index < -0.39 is 0 Å². The molecule has 2 aliphatic rings. The molecule has 0 bridgehead atoms. The Morgan fingerprint density at radius 3 is 3.06 bits per heavy atom. The lowest BCUT2D eigenvalue weighted by Gasteiger charge is -2.18. The van der Waals surface area contributed by atoms with Gasteiger partial charge < -0.3 is 9.88 Å². The van der Waals surface area contributed by atoms with Crippen LogP contribution in [0.4, 0.5) is 0 Å². The SMILES string of the molecule is CCC1(Cn2cncc2C2CCNC2)CC1. The van der Waals surface area contributed by atoms with E-state index in [1.807, 2.05) is 6.33 Å². The maximum Gasteiger partial charge on any atom is 0.0948 e. The van der Waals surface area contributed by atoms with Gasteiger partial charge in [-0.2, -0.15) is 0 Å². The van der Waals surface area contributed by atoms with Crippen LogP contribution in [-0.4, -0.2) is 22.6 Å². The highest BCUT2D eigenvalue weighted by atomic mass is 15.1. The summed E-state index contributed by atoms with van der Waals surface area (Å²) in [6.07, 6.45) is 9.50. The molecule has 0 radical (unpaired) electrons. The lowest BCUT2D eigenvalue weighted by Crippen LogP contribution is -2.16. The Balaban J connectivity index is 1.77. The van der Waals surface area contributed by atoms with Crippen molar-refractivity contribution in [3.05, 3.63) is 18.2 Å². The van der Waals surface area contributed by atoms with Crippen LogP contribution >= 0.6 is 0 Å². The summed E-state index contributed by atoms with van der Waals surface area (Å²) in [5.74, 6) is 0.690. The minimum atomic E-state index is 0.613. The van der Waals surface area contributed by atoms with Crippen molar-refractivity contribution in [2.45, 2.75) is 45.1 Å². The van der Waals surface area contributed by atoms with Gasteiger partial charge in [0.05, 0.1) is 6.33 Å². The van der Waals surface area contributed by atoms with Gasteiger partial charge in [0.2, 0.25) is 0 Å². The maximum absolute atomic E-state index is 4.35. The first-order chi connectivity index (χ1) is 7.83. The monoisotopic (exact) mass is 219 g/mol. The van der Waals surface area contributed by atoms with Crippen LogP contribution in [0.3, 0.4) is 0 Å². The summed E-state index contributed by atoms with van der Waals surface area (Å²) >= 11 is 0. The van der Waals surface area contributed by atoms with E-state index >= 15 is 0 Å². The van der Waals surface area contributed by atoms with Gasteiger partial charge in [0, 0.05) is 30.9 Å². The fourth-order valence-electron chi connectivity index (χ4n) is 2.87. The quantitative estimate of drug-likeness (QED) is 0.841. The molecule has 3 heteroatoms. The molecule has 1 aliphatic heterocycles. The molecule has 0 aromatic carbocycles. The van der Waals surface area contributed by atoms with Gasteiger partial charge in [-0.15, -0.1) is 0 Å². The van der Waals surface area contributed by atoms with Crippen molar-refractivity contribution in [2.24, 2.45) is 5.41 Å². The summed E-state index contributed by atoms with van der Waals surface area (Å²) in [6.45, 7) is 5.80. The van der Waals surface area contributed by atoms with Gasteiger partial charge in [-0.05, 0) is 37.6 Å². The van der Waals surface area contributed by atoms with Gasteiger partial charge in [0.15, 0.2) is 0 Å². The highest BCUT2D eigenvalue weighted by molar-refractivity contribution is 5.10. The molecule has 1 aliphatic carbocycles. The van der Waals surface area contributed by atoms with Crippen LogP contribution in [0.2, 0.25) is 0 Å². The van der Waals surface area contributed by atoms with E-state index in [9.17, 15) is 0 Å². The second kappa shape index (κ2) is 3.88. The fourth-order valence-corrected chi connectivity index (χ4v) is 2.87. The number of hydrogen-bond donors (Lipinski definition) is 1. The van der Waals surface area contributed by atoms with Crippen molar-refractivity contribution >= 4 is 0 Å². The molecule has 1 saturated carbocycles. The van der Waals surface area contributed by atoms with Crippen LogP contribution in [0.1, 0.15) is 44.2 Å². The first kappa shape index (κ1) is 10.3. The van der Waals surface area contributed by atoms with Gasteiger partial charge in [-0.3, -0.25) is 0 Å². The van der Waals surface area contributed by atoms with E-state index in [1.54, 1.807) is 0 Å². The second-order valence-corrected chi connectivity index (χ2v) is 5.49. The Hall–Kier alpha value is -0.830. The average molecular weight is 219 g/mol. The number of nitrogens with one attached hydrogen (secondary N) is 1. The Labute approximate surface area is 97.3 Å². The topological polar surface area (TPSA) is 29.9 Å². The molecule has 1 unspecified atom stereocenters. The van der Waals surface area contributed by atoms with E-state index in [0.717, 1.165) is 13.1 Å². The van der Waals surface area contributed by atoms with E-state index in [1.165, 1.54) is 37.9 Å². The molecular formula is C13H21N3. The molecule has 0 spiro atoms. The average Bonchev–Trinajstić information content (AvgIpc) is 2.71. The normalized spacial score (nSPS) is 27.2. The lowest BCUT2D eigenvalue weighted by atomic mass is 10.0. The molecular weight excluding hydrogens is 198 g/mol. The Morgan fingerprint density at radius 1 is 1.56 bits per heavy atom. The predicted molar refractivity (Wildman–Crippen MR) is 64.4 cm³/mol. The molecule has 3 nitrogen and oxygen atoms in total. The Bertz CT molecular complexity index is 359. The van der Waals surface area contributed by atoms with Crippen molar-refractivity contribution < 1.29 is 0 Å². The zero-order chi connectivity index (χ0) is 11.0.